The Morgan fingerprint density at radius 3 is 2.95 bits per heavy atom. The highest BCUT2D eigenvalue weighted by Crippen LogP contribution is 2.26. The summed E-state index contributed by atoms with van der Waals surface area (Å²) in [5.74, 6) is 0.459. The third kappa shape index (κ3) is 4.42. The average Bonchev–Trinajstić information content (AvgIpc) is 2.46. The normalized spacial score (nSPS) is 18.6. The zero-order valence-corrected chi connectivity index (χ0v) is 13.4. The standard InChI is InChI=1S/C16H22N4O2/c1-16(2,3)22-15(21)9-13-6-4-5-7-20(13)14-8-12(10-17)11-18-19-14/h8,11,13H,4-7,9H2,1-3H3. The Morgan fingerprint density at radius 1 is 1.50 bits per heavy atom. The zero-order valence-electron chi connectivity index (χ0n) is 13.4. The molecule has 118 valence electrons. The average molecular weight is 302 g/mol. The molecule has 1 unspecified atom stereocenters. The maximum atomic E-state index is 12.1. The van der Waals surface area contributed by atoms with Crippen LogP contribution in [0.3, 0.4) is 0 Å². The monoisotopic (exact) mass is 302 g/mol. The van der Waals surface area contributed by atoms with E-state index in [1.807, 2.05) is 20.8 Å². The van der Waals surface area contributed by atoms with E-state index in [4.69, 9.17) is 10.00 Å². The molecule has 0 spiro atoms. The van der Waals surface area contributed by atoms with Crippen molar-refractivity contribution in [2.75, 3.05) is 11.4 Å². The Hall–Kier alpha value is -2.16. The summed E-state index contributed by atoms with van der Waals surface area (Å²) in [4.78, 5) is 14.2. The van der Waals surface area contributed by atoms with E-state index in [2.05, 4.69) is 21.2 Å². The molecule has 0 bridgehead atoms. The number of hydrogen-bond donors (Lipinski definition) is 0. The first-order valence-electron chi connectivity index (χ1n) is 7.60. The van der Waals surface area contributed by atoms with Gasteiger partial charge in [-0.15, -0.1) is 5.10 Å². The zero-order chi connectivity index (χ0) is 16.2. The van der Waals surface area contributed by atoms with Gasteiger partial charge in [0.1, 0.15) is 11.7 Å². The molecule has 6 heteroatoms. The van der Waals surface area contributed by atoms with Crippen LogP contribution in [0.5, 0.6) is 0 Å². The largest absolute Gasteiger partial charge is 0.460 e. The SMILES string of the molecule is CC(C)(C)OC(=O)CC1CCCCN1c1cc(C#N)cnn1. The smallest absolute Gasteiger partial charge is 0.308 e. The Bertz CT molecular complexity index is 574. The number of nitriles is 1. The van der Waals surface area contributed by atoms with Gasteiger partial charge in [-0.25, -0.2) is 0 Å². The fraction of sp³-hybridized carbons (Fsp3) is 0.625. The first-order chi connectivity index (χ1) is 10.4. The topological polar surface area (TPSA) is 79.1 Å². The molecule has 0 N–H and O–H groups in total. The minimum atomic E-state index is -0.475. The predicted octanol–water partition coefficient (Wildman–Crippen LogP) is 2.44. The van der Waals surface area contributed by atoms with E-state index in [9.17, 15) is 4.79 Å². The lowest BCUT2D eigenvalue weighted by Gasteiger charge is -2.36. The summed E-state index contributed by atoms with van der Waals surface area (Å²) in [6.07, 6.45) is 4.81. The molecule has 0 aromatic carbocycles. The number of rotatable bonds is 3. The van der Waals surface area contributed by atoms with Gasteiger partial charge in [0.15, 0.2) is 5.82 Å². The van der Waals surface area contributed by atoms with Crippen molar-refractivity contribution in [3.63, 3.8) is 0 Å². The highest BCUT2D eigenvalue weighted by molar-refractivity contribution is 5.71. The maximum absolute atomic E-state index is 12.1. The van der Waals surface area contributed by atoms with Gasteiger partial charge in [-0.3, -0.25) is 4.79 Å². The first-order valence-corrected chi connectivity index (χ1v) is 7.60. The lowest BCUT2D eigenvalue weighted by molar-refractivity contribution is -0.155. The lowest BCUT2D eigenvalue weighted by atomic mass is 9.99. The van der Waals surface area contributed by atoms with Crippen molar-refractivity contribution in [3.05, 3.63) is 17.8 Å². The van der Waals surface area contributed by atoms with Crippen molar-refractivity contribution in [2.45, 2.75) is 58.1 Å². The quantitative estimate of drug-likeness (QED) is 0.798. The number of piperidine rings is 1. The third-order valence-electron chi connectivity index (χ3n) is 3.51. The van der Waals surface area contributed by atoms with Crippen molar-refractivity contribution in [2.24, 2.45) is 0 Å². The second-order valence-electron chi connectivity index (χ2n) is 6.55. The Morgan fingerprint density at radius 2 is 2.27 bits per heavy atom. The van der Waals surface area contributed by atoms with Crippen LogP contribution < -0.4 is 4.90 Å². The molecule has 0 amide bonds. The van der Waals surface area contributed by atoms with E-state index < -0.39 is 5.60 Å². The molecule has 6 nitrogen and oxygen atoms in total. The Kier molecular flexibility index (Phi) is 4.96. The van der Waals surface area contributed by atoms with Crippen molar-refractivity contribution in [1.82, 2.24) is 10.2 Å². The number of ether oxygens (including phenoxy) is 1. The molecule has 1 aliphatic rings. The fourth-order valence-electron chi connectivity index (χ4n) is 2.65. The Labute approximate surface area is 131 Å². The van der Waals surface area contributed by atoms with Gasteiger partial charge in [0, 0.05) is 18.7 Å². The minimum absolute atomic E-state index is 0.0480. The van der Waals surface area contributed by atoms with Crippen LogP contribution in [0.25, 0.3) is 0 Å². The highest BCUT2D eigenvalue weighted by Gasteiger charge is 2.28. The summed E-state index contributed by atoms with van der Waals surface area (Å²) < 4.78 is 5.42. The predicted molar refractivity (Wildman–Crippen MR) is 82.2 cm³/mol. The van der Waals surface area contributed by atoms with Crippen molar-refractivity contribution in [3.8, 4) is 6.07 Å². The van der Waals surface area contributed by atoms with Crippen LogP contribution in [0.4, 0.5) is 5.82 Å². The van der Waals surface area contributed by atoms with Crippen LogP contribution in [0.15, 0.2) is 12.3 Å². The summed E-state index contributed by atoms with van der Waals surface area (Å²) in [5, 5.41) is 17.0. The van der Waals surface area contributed by atoms with Crippen LogP contribution in [0.1, 0.15) is 52.0 Å². The summed E-state index contributed by atoms with van der Waals surface area (Å²) >= 11 is 0. The van der Waals surface area contributed by atoms with Gasteiger partial charge in [-0.1, -0.05) is 0 Å². The van der Waals surface area contributed by atoms with E-state index in [-0.39, 0.29) is 12.0 Å². The van der Waals surface area contributed by atoms with Gasteiger partial charge in [0.25, 0.3) is 0 Å². The molecule has 1 atom stereocenters. The van der Waals surface area contributed by atoms with Gasteiger partial charge in [-0.05, 0) is 40.0 Å². The molecule has 0 radical (unpaired) electrons. The summed E-state index contributed by atoms with van der Waals surface area (Å²) in [5.41, 5.74) is 0.00324. The highest BCUT2D eigenvalue weighted by atomic mass is 16.6. The van der Waals surface area contributed by atoms with Crippen molar-refractivity contribution < 1.29 is 9.53 Å². The van der Waals surface area contributed by atoms with Gasteiger partial charge < -0.3 is 9.64 Å². The molecule has 1 aromatic heterocycles. The maximum Gasteiger partial charge on any atom is 0.308 e. The molecule has 22 heavy (non-hydrogen) atoms. The second kappa shape index (κ2) is 6.73. The molecule has 0 aliphatic carbocycles. The van der Waals surface area contributed by atoms with E-state index in [0.717, 1.165) is 25.8 Å². The van der Waals surface area contributed by atoms with Gasteiger partial charge in [0.05, 0.1) is 18.2 Å². The van der Waals surface area contributed by atoms with Gasteiger partial charge in [-0.2, -0.15) is 10.4 Å². The van der Waals surface area contributed by atoms with Gasteiger partial charge >= 0.3 is 5.97 Å². The molecular weight excluding hydrogens is 280 g/mol. The molecule has 1 aliphatic heterocycles. The van der Waals surface area contributed by atoms with Crippen LogP contribution in [-0.2, 0) is 9.53 Å². The number of nitrogens with zero attached hydrogens (tertiary/aromatic N) is 4. The third-order valence-corrected chi connectivity index (χ3v) is 3.51. The molecule has 2 rings (SSSR count). The molecule has 0 saturated carbocycles. The molecule has 1 saturated heterocycles. The molecule has 2 heterocycles. The molecular formula is C16H22N4O2. The number of aromatic nitrogens is 2. The number of anilines is 1. The summed E-state index contributed by atoms with van der Waals surface area (Å²) in [7, 11) is 0. The van der Waals surface area contributed by atoms with E-state index in [1.165, 1.54) is 6.20 Å². The van der Waals surface area contributed by atoms with Crippen LogP contribution in [0, 0.1) is 11.3 Å². The Balaban J connectivity index is 2.11. The minimum Gasteiger partial charge on any atom is -0.460 e. The fourth-order valence-corrected chi connectivity index (χ4v) is 2.65. The van der Waals surface area contributed by atoms with Crippen LogP contribution in [0.2, 0.25) is 0 Å². The van der Waals surface area contributed by atoms with Crippen LogP contribution in [-0.4, -0.2) is 34.4 Å². The molecule has 1 fully saturated rings. The number of hydrogen-bond acceptors (Lipinski definition) is 6. The van der Waals surface area contributed by atoms with E-state index in [0.29, 0.717) is 17.8 Å². The van der Waals surface area contributed by atoms with Gasteiger partial charge in [0.2, 0.25) is 0 Å². The summed E-state index contributed by atoms with van der Waals surface area (Å²) in [6.45, 7) is 6.42. The number of carbonyl (C=O) groups excluding carboxylic acids is 1. The lowest BCUT2D eigenvalue weighted by Crippen LogP contribution is -2.42. The second-order valence-corrected chi connectivity index (χ2v) is 6.55. The van der Waals surface area contributed by atoms with E-state index >= 15 is 0 Å². The van der Waals surface area contributed by atoms with Crippen LogP contribution >= 0.6 is 0 Å². The number of esters is 1. The summed E-state index contributed by atoms with van der Waals surface area (Å²) in [6, 6.07) is 3.84. The van der Waals surface area contributed by atoms with Crippen molar-refractivity contribution in [1.29, 1.82) is 5.26 Å². The van der Waals surface area contributed by atoms with Crippen molar-refractivity contribution >= 4 is 11.8 Å². The number of carbonyl (C=O) groups is 1. The molecule has 1 aromatic rings. The van der Waals surface area contributed by atoms with E-state index in [1.54, 1.807) is 6.07 Å². The first kappa shape index (κ1) is 16.2.